The van der Waals surface area contributed by atoms with E-state index >= 15 is 0 Å². The summed E-state index contributed by atoms with van der Waals surface area (Å²) in [7, 11) is -4.49. The van der Waals surface area contributed by atoms with Crippen molar-refractivity contribution in [1.29, 1.82) is 0 Å². The normalized spacial score (nSPS) is 21.2. The zero-order valence-corrected chi connectivity index (χ0v) is 10.5. The van der Waals surface area contributed by atoms with Gasteiger partial charge in [-0.2, -0.15) is 8.78 Å². The molecule has 16 heavy (non-hydrogen) atoms. The topological polar surface area (TPSA) is 46.2 Å². The predicted molar refractivity (Wildman–Crippen MR) is 59.2 cm³/mol. The first-order chi connectivity index (χ1) is 7.42. The predicted octanol–water partition coefficient (Wildman–Crippen LogP) is 2.32. The van der Waals surface area contributed by atoms with E-state index in [1.54, 1.807) is 0 Å². The second-order valence-corrected chi connectivity index (χ2v) is 6.32. The van der Waals surface area contributed by atoms with Crippen molar-refractivity contribution in [1.82, 2.24) is 4.72 Å². The third-order valence-corrected chi connectivity index (χ3v) is 4.66. The van der Waals surface area contributed by atoms with Crippen molar-refractivity contribution in [2.24, 2.45) is 5.41 Å². The summed E-state index contributed by atoms with van der Waals surface area (Å²) in [6, 6.07) is 0. The number of rotatable bonds is 5. The quantitative estimate of drug-likeness (QED) is 0.783. The van der Waals surface area contributed by atoms with Gasteiger partial charge >= 0.3 is 5.76 Å². The Morgan fingerprint density at radius 1 is 1.25 bits per heavy atom. The molecule has 0 aromatic rings. The molecule has 1 fully saturated rings. The first kappa shape index (κ1) is 14.1. The van der Waals surface area contributed by atoms with Crippen molar-refractivity contribution in [3.63, 3.8) is 0 Å². The molecule has 0 saturated heterocycles. The molecule has 96 valence electrons. The fourth-order valence-corrected chi connectivity index (χ4v) is 2.97. The van der Waals surface area contributed by atoms with E-state index in [4.69, 9.17) is 11.6 Å². The SMILES string of the molecule is O=S(=O)(NCC1(CCl)CCCCC1)C(F)F. The van der Waals surface area contributed by atoms with E-state index in [-0.39, 0.29) is 12.0 Å². The van der Waals surface area contributed by atoms with Crippen LogP contribution in [-0.2, 0) is 10.0 Å². The lowest BCUT2D eigenvalue weighted by Gasteiger charge is -2.35. The van der Waals surface area contributed by atoms with Gasteiger partial charge in [-0.15, -0.1) is 11.6 Å². The molecule has 1 rings (SSSR count). The Hall–Kier alpha value is 0.0600. The van der Waals surface area contributed by atoms with E-state index in [1.807, 2.05) is 4.72 Å². The Balaban J connectivity index is 2.58. The van der Waals surface area contributed by atoms with Crippen LogP contribution in [0.4, 0.5) is 8.78 Å². The highest BCUT2D eigenvalue weighted by Gasteiger charge is 2.34. The monoisotopic (exact) mass is 275 g/mol. The van der Waals surface area contributed by atoms with Gasteiger partial charge in [-0.3, -0.25) is 0 Å². The molecule has 1 N–H and O–H groups in total. The number of alkyl halides is 3. The molecule has 0 unspecified atom stereocenters. The van der Waals surface area contributed by atoms with Crippen LogP contribution < -0.4 is 4.72 Å². The summed E-state index contributed by atoms with van der Waals surface area (Å²) in [5.74, 6) is -3.07. The van der Waals surface area contributed by atoms with E-state index in [2.05, 4.69) is 0 Å². The Labute approximate surface area is 99.6 Å². The van der Waals surface area contributed by atoms with E-state index in [9.17, 15) is 17.2 Å². The molecule has 1 aliphatic carbocycles. The van der Waals surface area contributed by atoms with Crippen molar-refractivity contribution in [2.45, 2.75) is 37.9 Å². The number of nitrogens with one attached hydrogen (secondary N) is 1. The van der Waals surface area contributed by atoms with Crippen molar-refractivity contribution >= 4 is 21.6 Å². The summed E-state index contributed by atoms with van der Waals surface area (Å²) in [6.07, 6.45) is 4.64. The molecule has 0 aliphatic heterocycles. The van der Waals surface area contributed by atoms with Crippen molar-refractivity contribution in [3.05, 3.63) is 0 Å². The molecule has 0 atom stereocenters. The molecular weight excluding hydrogens is 260 g/mol. The standard InChI is InChI=1S/C9H16ClF2NO2S/c10-6-9(4-2-1-3-5-9)7-13-16(14,15)8(11)12/h8,13H,1-7H2. The van der Waals surface area contributed by atoms with Crippen LogP contribution in [0, 0.1) is 5.41 Å². The molecule has 0 bridgehead atoms. The van der Waals surface area contributed by atoms with Crippen molar-refractivity contribution in [2.75, 3.05) is 12.4 Å². The van der Waals surface area contributed by atoms with E-state index in [0.717, 1.165) is 32.1 Å². The molecule has 3 nitrogen and oxygen atoms in total. The fraction of sp³-hybridized carbons (Fsp3) is 1.00. The van der Waals surface area contributed by atoms with Crippen LogP contribution in [0.3, 0.4) is 0 Å². The van der Waals surface area contributed by atoms with Gasteiger partial charge < -0.3 is 0 Å². The molecule has 7 heteroatoms. The van der Waals surface area contributed by atoms with E-state index < -0.39 is 15.8 Å². The minimum atomic E-state index is -4.49. The summed E-state index contributed by atoms with van der Waals surface area (Å²) < 4.78 is 48.0. The van der Waals surface area contributed by atoms with Crippen LogP contribution in [0.5, 0.6) is 0 Å². The summed E-state index contributed by atoms with van der Waals surface area (Å²) in [6.45, 7) is 0.0170. The molecule has 0 amide bonds. The van der Waals surface area contributed by atoms with Gasteiger partial charge in [0.1, 0.15) is 0 Å². The minimum absolute atomic E-state index is 0.0170. The molecule has 0 heterocycles. The lowest BCUT2D eigenvalue weighted by molar-refractivity contribution is 0.212. The summed E-state index contributed by atoms with van der Waals surface area (Å²) in [5.41, 5.74) is -0.345. The van der Waals surface area contributed by atoms with E-state index in [0.29, 0.717) is 5.88 Å². The maximum atomic E-state index is 12.1. The molecule has 1 saturated carbocycles. The van der Waals surface area contributed by atoms with Crippen molar-refractivity contribution in [3.8, 4) is 0 Å². The lowest BCUT2D eigenvalue weighted by Crippen LogP contribution is -2.42. The van der Waals surface area contributed by atoms with Gasteiger partial charge in [0.05, 0.1) is 0 Å². The van der Waals surface area contributed by atoms with E-state index in [1.165, 1.54) is 0 Å². The number of hydrogen-bond donors (Lipinski definition) is 1. The third kappa shape index (κ3) is 3.53. The van der Waals surface area contributed by atoms with Crippen LogP contribution >= 0.6 is 11.6 Å². The zero-order chi connectivity index (χ0) is 12.2. The van der Waals surface area contributed by atoms with Gasteiger partial charge in [0, 0.05) is 12.4 Å². The molecule has 0 aromatic carbocycles. The maximum absolute atomic E-state index is 12.1. The summed E-state index contributed by atoms with van der Waals surface area (Å²) in [4.78, 5) is 0. The Morgan fingerprint density at radius 2 is 1.81 bits per heavy atom. The largest absolute Gasteiger partial charge is 0.350 e. The second kappa shape index (κ2) is 5.60. The lowest BCUT2D eigenvalue weighted by atomic mass is 9.76. The van der Waals surface area contributed by atoms with Crippen LogP contribution in [0.2, 0.25) is 0 Å². The Morgan fingerprint density at radius 3 is 2.25 bits per heavy atom. The van der Waals surface area contributed by atoms with Gasteiger partial charge in [-0.1, -0.05) is 19.3 Å². The van der Waals surface area contributed by atoms with Gasteiger partial charge in [0.15, 0.2) is 0 Å². The minimum Gasteiger partial charge on any atom is -0.210 e. The smallest absolute Gasteiger partial charge is 0.210 e. The first-order valence-electron chi connectivity index (χ1n) is 5.24. The summed E-state index contributed by atoms with van der Waals surface area (Å²) >= 11 is 5.82. The second-order valence-electron chi connectivity index (χ2n) is 4.32. The third-order valence-electron chi connectivity index (χ3n) is 3.08. The maximum Gasteiger partial charge on any atom is 0.350 e. The highest BCUT2D eigenvalue weighted by atomic mass is 35.5. The highest BCUT2D eigenvalue weighted by Crippen LogP contribution is 2.36. The Bertz CT molecular complexity index is 315. The van der Waals surface area contributed by atoms with Crippen molar-refractivity contribution < 1.29 is 17.2 Å². The molecule has 0 spiro atoms. The highest BCUT2D eigenvalue weighted by molar-refractivity contribution is 7.89. The van der Waals surface area contributed by atoms with Gasteiger partial charge in [0.2, 0.25) is 0 Å². The van der Waals surface area contributed by atoms with Crippen LogP contribution in [0.15, 0.2) is 0 Å². The molecule has 0 aromatic heterocycles. The van der Waals surface area contributed by atoms with Crippen LogP contribution in [0.25, 0.3) is 0 Å². The van der Waals surface area contributed by atoms with Crippen LogP contribution in [0.1, 0.15) is 32.1 Å². The fourth-order valence-electron chi connectivity index (χ4n) is 1.98. The number of hydrogen-bond acceptors (Lipinski definition) is 2. The molecule has 1 aliphatic rings. The average molecular weight is 276 g/mol. The van der Waals surface area contributed by atoms with Crippen LogP contribution in [-0.4, -0.2) is 26.6 Å². The number of halogens is 3. The summed E-state index contributed by atoms with van der Waals surface area (Å²) in [5, 5.41) is 0. The molecule has 0 radical (unpaired) electrons. The van der Waals surface area contributed by atoms with Gasteiger partial charge in [0.25, 0.3) is 10.0 Å². The van der Waals surface area contributed by atoms with Gasteiger partial charge in [-0.25, -0.2) is 13.1 Å². The first-order valence-corrected chi connectivity index (χ1v) is 7.33. The zero-order valence-electron chi connectivity index (χ0n) is 8.89. The van der Waals surface area contributed by atoms with Gasteiger partial charge in [-0.05, 0) is 18.3 Å². The number of sulfonamides is 1. The average Bonchev–Trinajstić information content (AvgIpc) is 2.28. The Kier molecular flexibility index (Phi) is 4.94. The molecular formula is C9H16ClF2NO2S.